The number of nitrogens with one attached hydrogen (secondary N) is 1. The number of nitrogens with zero attached hydrogens (tertiary/aromatic N) is 2. The van der Waals surface area contributed by atoms with Crippen LogP contribution in [0, 0.1) is 0 Å². The lowest BCUT2D eigenvalue weighted by Gasteiger charge is -2.15. The predicted molar refractivity (Wildman–Crippen MR) is 93.0 cm³/mol. The summed E-state index contributed by atoms with van der Waals surface area (Å²) in [6, 6.07) is 9.13. The zero-order chi connectivity index (χ0) is 21.4. The number of rotatable bonds is 3. The van der Waals surface area contributed by atoms with Gasteiger partial charge in [0.1, 0.15) is 0 Å². The zero-order valence-corrected chi connectivity index (χ0v) is 14.9. The van der Waals surface area contributed by atoms with Gasteiger partial charge in [-0.2, -0.15) is 31.4 Å². The van der Waals surface area contributed by atoms with Crippen LogP contribution < -0.4 is 5.32 Å². The molecule has 0 unspecified atom stereocenters. The van der Waals surface area contributed by atoms with Crippen LogP contribution in [-0.4, -0.2) is 15.7 Å². The van der Waals surface area contributed by atoms with Gasteiger partial charge >= 0.3 is 12.4 Å². The summed E-state index contributed by atoms with van der Waals surface area (Å²) in [5.41, 5.74) is -4.24. The van der Waals surface area contributed by atoms with E-state index >= 15 is 0 Å². The summed E-state index contributed by atoms with van der Waals surface area (Å²) in [5, 5.41) is 5.75. The Balaban J connectivity index is 2.04. The van der Waals surface area contributed by atoms with Gasteiger partial charge in [-0.3, -0.25) is 4.79 Å². The molecule has 1 N–H and O–H groups in total. The number of amides is 1. The van der Waals surface area contributed by atoms with Crippen molar-refractivity contribution in [3.8, 4) is 5.69 Å². The summed E-state index contributed by atoms with van der Waals surface area (Å²) in [4.78, 5) is 12.4. The summed E-state index contributed by atoms with van der Waals surface area (Å²) in [5.74, 6) is -1.38. The molecule has 152 valence electrons. The van der Waals surface area contributed by atoms with Crippen LogP contribution in [0.15, 0.2) is 54.7 Å². The third-order valence-electron chi connectivity index (χ3n) is 3.83. The van der Waals surface area contributed by atoms with Crippen molar-refractivity contribution in [1.82, 2.24) is 9.78 Å². The number of hydrogen-bond acceptors (Lipinski definition) is 2. The van der Waals surface area contributed by atoms with Crippen LogP contribution in [0.5, 0.6) is 0 Å². The van der Waals surface area contributed by atoms with E-state index in [1.807, 2.05) is 5.32 Å². The quantitative estimate of drug-likeness (QED) is 0.529. The van der Waals surface area contributed by atoms with Gasteiger partial charge in [0, 0.05) is 5.02 Å². The average Bonchev–Trinajstić information content (AvgIpc) is 3.07. The molecule has 0 atom stereocenters. The Kier molecular flexibility index (Phi) is 5.31. The highest BCUT2D eigenvalue weighted by Gasteiger charge is 2.41. The predicted octanol–water partition coefficient (Wildman–Crippen LogP) is 5.82. The second kappa shape index (κ2) is 7.43. The van der Waals surface area contributed by atoms with E-state index in [4.69, 9.17) is 11.6 Å². The van der Waals surface area contributed by atoms with E-state index in [0.29, 0.717) is 16.9 Å². The van der Waals surface area contributed by atoms with Gasteiger partial charge in [-0.15, -0.1) is 0 Å². The zero-order valence-electron chi connectivity index (χ0n) is 14.1. The molecule has 0 radical (unpaired) electrons. The van der Waals surface area contributed by atoms with Crippen molar-refractivity contribution < 1.29 is 31.1 Å². The average molecular weight is 434 g/mol. The van der Waals surface area contributed by atoms with Crippen LogP contribution in [0.25, 0.3) is 5.69 Å². The largest absolute Gasteiger partial charge is 0.434 e. The first-order valence-electron chi connectivity index (χ1n) is 7.87. The van der Waals surface area contributed by atoms with E-state index in [0.717, 1.165) is 12.1 Å². The maximum atomic E-state index is 13.6. The second-order valence-corrected chi connectivity index (χ2v) is 6.23. The van der Waals surface area contributed by atoms with E-state index in [1.165, 1.54) is 30.3 Å². The Morgan fingerprint density at radius 1 is 0.931 bits per heavy atom. The minimum atomic E-state index is -5.01. The number of halogens is 7. The highest BCUT2D eigenvalue weighted by atomic mass is 35.5. The van der Waals surface area contributed by atoms with Crippen LogP contribution in [-0.2, 0) is 12.4 Å². The molecule has 0 saturated heterocycles. The molecule has 0 spiro atoms. The Morgan fingerprint density at radius 2 is 1.55 bits per heavy atom. The monoisotopic (exact) mass is 433 g/mol. The molecule has 4 nitrogen and oxygen atoms in total. The van der Waals surface area contributed by atoms with Crippen molar-refractivity contribution in [3.05, 3.63) is 76.6 Å². The number of hydrogen-bond donors (Lipinski definition) is 1. The lowest BCUT2D eigenvalue weighted by atomic mass is 10.1. The topological polar surface area (TPSA) is 46.9 Å². The Hall–Kier alpha value is -3.01. The van der Waals surface area contributed by atoms with Crippen molar-refractivity contribution in [3.63, 3.8) is 0 Å². The molecule has 0 bridgehead atoms. The maximum Gasteiger partial charge on any atom is 0.434 e. The Morgan fingerprint density at radius 3 is 2.14 bits per heavy atom. The van der Waals surface area contributed by atoms with Gasteiger partial charge in [0.25, 0.3) is 5.91 Å². The molecule has 0 fully saturated rings. The van der Waals surface area contributed by atoms with Crippen LogP contribution in [0.2, 0.25) is 5.02 Å². The Bertz CT molecular complexity index is 1040. The van der Waals surface area contributed by atoms with Crippen LogP contribution in [0.4, 0.5) is 32.0 Å². The van der Waals surface area contributed by atoms with Crippen LogP contribution >= 0.6 is 11.6 Å². The van der Waals surface area contributed by atoms with Gasteiger partial charge in [-0.05, 0) is 36.4 Å². The number of anilines is 1. The van der Waals surface area contributed by atoms with Crippen molar-refractivity contribution in [1.29, 1.82) is 0 Å². The maximum absolute atomic E-state index is 13.6. The molecule has 3 rings (SSSR count). The summed E-state index contributed by atoms with van der Waals surface area (Å²) < 4.78 is 80.6. The SMILES string of the molecule is O=C(Nc1ccccc1C(F)(F)F)c1cnn(-c2ccc(Cl)cc2)c1C(F)(F)F. The van der Waals surface area contributed by atoms with Crippen molar-refractivity contribution in [2.45, 2.75) is 12.4 Å². The number of alkyl halides is 6. The summed E-state index contributed by atoms with van der Waals surface area (Å²) in [6.07, 6.45) is -9.17. The lowest BCUT2D eigenvalue weighted by molar-refractivity contribution is -0.143. The summed E-state index contributed by atoms with van der Waals surface area (Å²) in [7, 11) is 0. The van der Waals surface area contributed by atoms with E-state index in [2.05, 4.69) is 5.10 Å². The van der Waals surface area contributed by atoms with Gasteiger partial charge in [-0.1, -0.05) is 23.7 Å². The molecule has 1 heterocycles. The lowest BCUT2D eigenvalue weighted by Crippen LogP contribution is -2.22. The smallest absolute Gasteiger partial charge is 0.321 e. The molecular formula is C18H10ClF6N3O. The molecule has 0 aliphatic heterocycles. The summed E-state index contributed by atoms with van der Waals surface area (Å²) in [6.45, 7) is 0. The second-order valence-electron chi connectivity index (χ2n) is 5.79. The molecule has 0 aliphatic carbocycles. The fourth-order valence-electron chi connectivity index (χ4n) is 2.59. The minimum absolute atomic E-state index is 0.0310. The van der Waals surface area contributed by atoms with Crippen LogP contribution in [0.1, 0.15) is 21.6 Å². The first kappa shape index (κ1) is 20.7. The van der Waals surface area contributed by atoms with Crippen molar-refractivity contribution in [2.24, 2.45) is 0 Å². The van der Waals surface area contributed by atoms with Crippen LogP contribution in [0.3, 0.4) is 0 Å². The molecule has 2 aromatic carbocycles. The fraction of sp³-hybridized carbons (Fsp3) is 0.111. The van der Waals surface area contributed by atoms with E-state index in [9.17, 15) is 31.1 Å². The first-order chi connectivity index (χ1) is 13.5. The fourth-order valence-corrected chi connectivity index (χ4v) is 2.72. The standard InChI is InChI=1S/C18H10ClF6N3O/c19-10-5-7-11(8-6-10)28-15(18(23,24)25)12(9-26-28)16(29)27-14-4-2-1-3-13(14)17(20,21)22/h1-9H,(H,27,29). The first-order valence-corrected chi connectivity index (χ1v) is 8.25. The molecule has 0 saturated carbocycles. The highest BCUT2D eigenvalue weighted by Crippen LogP contribution is 2.36. The number of para-hydroxylation sites is 1. The normalized spacial score (nSPS) is 12.1. The molecule has 0 aliphatic rings. The van der Waals surface area contributed by atoms with Gasteiger partial charge in [-0.25, -0.2) is 4.68 Å². The number of aromatic nitrogens is 2. The summed E-state index contributed by atoms with van der Waals surface area (Å²) >= 11 is 5.72. The molecule has 1 aromatic heterocycles. The van der Waals surface area contributed by atoms with E-state index in [1.54, 1.807) is 0 Å². The third kappa shape index (κ3) is 4.37. The number of carbonyl (C=O) groups excluding carboxylic acids is 1. The third-order valence-corrected chi connectivity index (χ3v) is 4.09. The van der Waals surface area contributed by atoms with Gasteiger partial charge < -0.3 is 5.32 Å². The number of benzene rings is 2. The molecule has 1 amide bonds. The van der Waals surface area contributed by atoms with E-state index in [-0.39, 0.29) is 10.7 Å². The van der Waals surface area contributed by atoms with Gasteiger partial charge in [0.05, 0.1) is 28.7 Å². The van der Waals surface area contributed by atoms with E-state index < -0.39 is 40.8 Å². The number of carbonyl (C=O) groups is 1. The Labute approximate surface area is 164 Å². The molecule has 3 aromatic rings. The van der Waals surface area contributed by atoms with Gasteiger partial charge in [0.2, 0.25) is 0 Å². The highest BCUT2D eigenvalue weighted by molar-refractivity contribution is 6.30. The van der Waals surface area contributed by atoms with Gasteiger partial charge in [0.15, 0.2) is 5.69 Å². The molecule has 11 heteroatoms. The van der Waals surface area contributed by atoms with Crippen molar-refractivity contribution in [2.75, 3.05) is 5.32 Å². The van der Waals surface area contributed by atoms with Crippen molar-refractivity contribution >= 4 is 23.2 Å². The molecule has 29 heavy (non-hydrogen) atoms. The molecular weight excluding hydrogens is 424 g/mol. The minimum Gasteiger partial charge on any atom is -0.321 e.